The highest BCUT2D eigenvalue weighted by molar-refractivity contribution is 5.03. The standard InChI is InChI=1S/C10H16N4O2/c11-4-7-5-14(10(16)13-9(7)15)6-8-2-1-3-12-8/h5,8,12H,1-4,6,11H2,(H,13,15,16). The molecule has 1 atom stereocenters. The number of nitrogens with one attached hydrogen (secondary N) is 2. The highest BCUT2D eigenvalue weighted by Gasteiger charge is 2.15. The Balaban J connectivity index is 2.25. The van der Waals surface area contributed by atoms with Gasteiger partial charge in [-0.05, 0) is 19.4 Å². The first-order chi connectivity index (χ1) is 7.70. The molecule has 1 fully saturated rings. The first-order valence-corrected chi connectivity index (χ1v) is 5.47. The van der Waals surface area contributed by atoms with E-state index >= 15 is 0 Å². The summed E-state index contributed by atoms with van der Waals surface area (Å²) in [6.07, 6.45) is 3.75. The van der Waals surface area contributed by atoms with E-state index in [4.69, 9.17) is 5.73 Å². The average molecular weight is 224 g/mol. The van der Waals surface area contributed by atoms with Crippen LogP contribution in [-0.2, 0) is 13.1 Å². The normalized spacial score (nSPS) is 20.2. The number of nitrogens with zero attached hydrogens (tertiary/aromatic N) is 1. The van der Waals surface area contributed by atoms with Crippen molar-refractivity contribution in [3.05, 3.63) is 32.6 Å². The quantitative estimate of drug-likeness (QED) is 0.598. The fraction of sp³-hybridized carbons (Fsp3) is 0.600. The van der Waals surface area contributed by atoms with Crippen LogP contribution in [0, 0.1) is 0 Å². The molecule has 6 nitrogen and oxygen atoms in total. The van der Waals surface area contributed by atoms with Crippen LogP contribution in [0.3, 0.4) is 0 Å². The van der Waals surface area contributed by atoms with Crippen molar-refractivity contribution in [1.29, 1.82) is 0 Å². The minimum atomic E-state index is -0.386. The van der Waals surface area contributed by atoms with E-state index in [0.717, 1.165) is 19.4 Å². The molecule has 2 heterocycles. The van der Waals surface area contributed by atoms with E-state index in [9.17, 15) is 9.59 Å². The first kappa shape index (κ1) is 11.1. The summed E-state index contributed by atoms with van der Waals surface area (Å²) in [5.41, 5.74) is 5.12. The molecule has 88 valence electrons. The highest BCUT2D eigenvalue weighted by Crippen LogP contribution is 2.06. The molecule has 0 saturated carbocycles. The molecule has 4 N–H and O–H groups in total. The number of rotatable bonds is 3. The smallest absolute Gasteiger partial charge is 0.326 e. The van der Waals surface area contributed by atoms with Gasteiger partial charge in [-0.25, -0.2) is 4.79 Å². The van der Waals surface area contributed by atoms with Crippen LogP contribution < -0.4 is 22.3 Å². The van der Waals surface area contributed by atoms with Gasteiger partial charge in [-0.1, -0.05) is 0 Å². The van der Waals surface area contributed by atoms with Gasteiger partial charge in [-0.2, -0.15) is 0 Å². The van der Waals surface area contributed by atoms with E-state index in [1.54, 1.807) is 6.20 Å². The summed E-state index contributed by atoms with van der Waals surface area (Å²) in [5.74, 6) is 0. The Bertz CT molecular complexity index is 470. The maximum Gasteiger partial charge on any atom is 0.328 e. The molecule has 1 saturated heterocycles. The highest BCUT2D eigenvalue weighted by atomic mass is 16.2. The summed E-state index contributed by atoms with van der Waals surface area (Å²) < 4.78 is 1.52. The third-order valence-electron chi connectivity index (χ3n) is 2.88. The van der Waals surface area contributed by atoms with E-state index in [1.807, 2.05) is 0 Å². The van der Waals surface area contributed by atoms with Crippen LogP contribution in [0.15, 0.2) is 15.8 Å². The minimum absolute atomic E-state index is 0.147. The molecule has 6 heteroatoms. The van der Waals surface area contributed by atoms with Gasteiger partial charge in [0, 0.05) is 30.9 Å². The van der Waals surface area contributed by atoms with Crippen LogP contribution in [-0.4, -0.2) is 22.1 Å². The van der Waals surface area contributed by atoms with Gasteiger partial charge in [0.25, 0.3) is 5.56 Å². The van der Waals surface area contributed by atoms with E-state index in [2.05, 4.69) is 10.3 Å². The lowest BCUT2D eigenvalue weighted by Gasteiger charge is -2.12. The molecule has 0 radical (unpaired) electrons. The van der Waals surface area contributed by atoms with Crippen molar-refractivity contribution >= 4 is 0 Å². The summed E-state index contributed by atoms with van der Waals surface area (Å²) in [6, 6.07) is 0.314. The Labute approximate surface area is 92.5 Å². The minimum Gasteiger partial charge on any atom is -0.326 e. The van der Waals surface area contributed by atoms with Crippen molar-refractivity contribution in [1.82, 2.24) is 14.9 Å². The van der Waals surface area contributed by atoms with E-state index < -0.39 is 0 Å². The number of hydrogen-bond donors (Lipinski definition) is 3. The molecular formula is C10H16N4O2. The molecule has 1 aromatic heterocycles. The molecule has 1 unspecified atom stereocenters. The Morgan fingerprint density at radius 1 is 1.50 bits per heavy atom. The van der Waals surface area contributed by atoms with Crippen LogP contribution in [0.5, 0.6) is 0 Å². The van der Waals surface area contributed by atoms with Gasteiger partial charge in [0.15, 0.2) is 0 Å². The summed E-state index contributed by atoms with van der Waals surface area (Å²) in [7, 11) is 0. The van der Waals surface area contributed by atoms with Gasteiger partial charge in [-0.15, -0.1) is 0 Å². The zero-order chi connectivity index (χ0) is 11.5. The van der Waals surface area contributed by atoms with Crippen LogP contribution in [0.1, 0.15) is 18.4 Å². The molecule has 1 aliphatic heterocycles. The van der Waals surface area contributed by atoms with Crippen molar-refractivity contribution in [2.24, 2.45) is 5.73 Å². The van der Waals surface area contributed by atoms with Gasteiger partial charge in [-0.3, -0.25) is 14.3 Å². The Morgan fingerprint density at radius 2 is 2.31 bits per heavy atom. The number of H-pyrrole nitrogens is 1. The Hall–Kier alpha value is -1.40. The van der Waals surface area contributed by atoms with Crippen molar-refractivity contribution in [3.8, 4) is 0 Å². The summed E-state index contributed by atoms with van der Waals surface area (Å²) >= 11 is 0. The van der Waals surface area contributed by atoms with E-state index in [-0.39, 0.29) is 17.8 Å². The fourth-order valence-corrected chi connectivity index (χ4v) is 1.99. The lowest BCUT2D eigenvalue weighted by atomic mass is 10.2. The van der Waals surface area contributed by atoms with Crippen LogP contribution in [0.2, 0.25) is 0 Å². The lowest BCUT2D eigenvalue weighted by Crippen LogP contribution is -2.37. The Kier molecular flexibility index (Phi) is 3.21. The predicted octanol–water partition coefficient (Wildman–Crippen LogP) is -1.25. The molecule has 0 aromatic carbocycles. The number of nitrogens with two attached hydrogens (primary N) is 1. The average Bonchev–Trinajstić information content (AvgIpc) is 2.75. The van der Waals surface area contributed by atoms with Crippen LogP contribution >= 0.6 is 0 Å². The second-order valence-corrected chi connectivity index (χ2v) is 4.06. The molecule has 16 heavy (non-hydrogen) atoms. The zero-order valence-electron chi connectivity index (χ0n) is 9.03. The molecule has 0 aliphatic carbocycles. The van der Waals surface area contributed by atoms with Gasteiger partial charge in [0.05, 0.1) is 0 Å². The maximum atomic E-state index is 11.5. The Morgan fingerprint density at radius 3 is 2.94 bits per heavy atom. The predicted molar refractivity (Wildman–Crippen MR) is 60.2 cm³/mol. The second-order valence-electron chi connectivity index (χ2n) is 4.06. The first-order valence-electron chi connectivity index (χ1n) is 5.47. The second kappa shape index (κ2) is 4.63. The van der Waals surface area contributed by atoms with Crippen molar-refractivity contribution in [2.75, 3.05) is 6.54 Å². The van der Waals surface area contributed by atoms with Gasteiger partial charge >= 0.3 is 5.69 Å². The summed E-state index contributed by atoms with van der Waals surface area (Å²) in [4.78, 5) is 25.1. The van der Waals surface area contributed by atoms with Crippen molar-refractivity contribution in [3.63, 3.8) is 0 Å². The molecule has 0 spiro atoms. The van der Waals surface area contributed by atoms with E-state index in [1.165, 1.54) is 4.57 Å². The maximum absolute atomic E-state index is 11.5. The van der Waals surface area contributed by atoms with Crippen molar-refractivity contribution < 1.29 is 0 Å². The van der Waals surface area contributed by atoms with Gasteiger partial charge in [0.2, 0.25) is 0 Å². The monoisotopic (exact) mass is 224 g/mol. The SMILES string of the molecule is NCc1cn(CC2CCCN2)c(=O)[nH]c1=O. The molecular weight excluding hydrogens is 208 g/mol. The molecule has 2 rings (SSSR count). The van der Waals surface area contributed by atoms with Crippen LogP contribution in [0.4, 0.5) is 0 Å². The molecule has 0 amide bonds. The van der Waals surface area contributed by atoms with Crippen molar-refractivity contribution in [2.45, 2.75) is 32.0 Å². The summed E-state index contributed by atoms with van der Waals surface area (Å²) in [6.45, 7) is 1.73. The molecule has 1 aliphatic rings. The van der Waals surface area contributed by atoms with Gasteiger partial charge in [0.1, 0.15) is 0 Å². The van der Waals surface area contributed by atoms with Crippen LogP contribution in [0.25, 0.3) is 0 Å². The van der Waals surface area contributed by atoms with E-state index in [0.29, 0.717) is 18.2 Å². The topological polar surface area (TPSA) is 92.9 Å². The lowest BCUT2D eigenvalue weighted by molar-refractivity contribution is 0.490. The molecule has 0 bridgehead atoms. The summed E-state index contributed by atoms with van der Waals surface area (Å²) in [5, 5.41) is 3.30. The third-order valence-corrected chi connectivity index (χ3v) is 2.88. The fourth-order valence-electron chi connectivity index (χ4n) is 1.99. The molecule has 1 aromatic rings. The van der Waals surface area contributed by atoms with Gasteiger partial charge < -0.3 is 11.1 Å². The largest absolute Gasteiger partial charge is 0.328 e. The number of hydrogen-bond acceptors (Lipinski definition) is 4. The third kappa shape index (κ3) is 2.23. The number of aromatic amines is 1. The number of aromatic nitrogens is 2. The zero-order valence-corrected chi connectivity index (χ0v) is 9.03.